The van der Waals surface area contributed by atoms with E-state index < -0.39 is 6.04 Å². The molecule has 138 valence electrons. The van der Waals surface area contributed by atoms with Gasteiger partial charge in [-0.15, -0.1) is 0 Å². The molecule has 0 aromatic rings. The van der Waals surface area contributed by atoms with Gasteiger partial charge in [-0.05, 0) is 18.3 Å². The average molecular weight is 338 g/mol. The Labute approximate surface area is 146 Å². The van der Waals surface area contributed by atoms with Crippen LogP contribution in [0.5, 0.6) is 0 Å². The Kier molecular flexibility index (Phi) is 9.01. The molecule has 1 unspecified atom stereocenters. The summed E-state index contributed by atoms with van der Waals surface area (Å²) < 4.78 is 0. The highest BCUT2D eigenvalue weighted by molar-refractivity contribution is 6.06. The van der Waals surface area contributed by atoms with E-state index in [4.69, 9.17) is 0 Å². The summed E-state index contributed by atoms with van der Waals surface area (Å²) in [5.41, 5.74) is 0. The van der Waals surface area contributed by atoms with Gasteiger partial charge in [0.15, 0.2) is 0 Å². The Morgan fingerprint density at radius 2 is 1.67 bits per heavy atom. The van der Waals surface area contributed by atoms with E-state index >= 15 is 0 Å². The maximum Gasteiger partial charge on any atom is 0.252 e. The molecule has 1 heterocycles. The molecule has 1 fully saturated rings. The molecule has 1 atom stereocenters. The van der Waals surface area contributed by atoms with Gasteiger partial charge < -0.3 is 5.32 Å². The van der Waals surface area contributed by atoms with Gasteiger partial charge >= 0.3 is 0 Å². The number of carbonyl (C=O) groups is 3. The van der Waals surface area contributed by atoms with Crippen molar-refractivity contribution < 1.29 is 14.4 Å². The Bertz CT molecular complexity index is 432. The van der Waals surface area contributed by atoms with Gasteiger partial charge in [0.25, 0.3) is 5.91 Å². The van der Waals surface area contributed by atoms with Gasteiger partial charge in [-0.3, -0.25) is 19.3 Å². The van der Waals surface area contributed by atoms with E-state index in [1.165, 1.54) is 24.2 Å². The summed E-state index contributed by atoms with van der Waals surface area (Å²) in [6.45, 7) is 8.84. The molecule has 3 amide bonds. The molecule has 0 spiro atoms. The lowest BCUT2D eigenvalue weighted by Gasteiger charge is -2.17. The summed E-state index contributed by atoms with van der Waals surface area (Å²) in [4.78, 5) is 37.3. The molecule has 1 aliphatic heterocycles. The summed E-state index contributed by atoms with van der Waals surface area (Å²) in [6.07, 6.45) is 7.33. The largest absolute Gasteiger partial charge is 0.344 e. The zero-order chi connectivity index (χ0) is 18.1. The fraction of sp³-hybridized carbons (Fsp3) is 0.842. The topological polar surface area (TPSA) is 66.5 Å². The summed E-state index contributed by atoms with van der Waals surface area (Å²) in [6, 6.07) is -0.658. The van der Waals surface area contributed by atoms with Crippen molar-refractivity contribution in [2.24, 2.45) is 11.8 Å². The number of hydrogen-bond acceptors (Lipinski definition) is 3. The first-order chi connectivity index (χ1) is 11.3. The van der Waals surface area contributed by atoms with E-state index in [1.54, 1.807) is 0 Å². The number of hydrogen-bond donors (Lipinski definition) is 1. The minimum absolute atomic E-state index is 0.104. The van der Waals surface area contributed by atoms with Gasteiger partial charge in [-0.2, -0.15) is 0 Å². The first-order valence-corrected chi connectivity index (χ1v) is 9.44. The van der Waals surface area contributed by atoms with E-state index in [0.29, 0.717) is 13.0 Å². The summed E-state index contributed by atoms with van der Waals surface area (Å²) in [5.74, 6) is 0.454. The monoisotopic (exact) mass is 338 g/mol. The van der Waals surface area contributed by atoms with Crippen LogP contribution in [0, 0.1) is 11.8 Å². The summed E-state index contributed by atoms with van der Waals surface area (Å²) >= 11 is 0. The quantitative estimate of drug-likeness (QED) is 0.464. The van der Waals surface area contributed by atoms with Crippen LogP contribution in [-0.2, 0) is 14.4 Å². The molecule has 0 radical (unpaired) electrons. The number of rotatable bonds is 11. The van der Waals surface area contributed by atoms with Crippen molar-refractivity contribution in [1.82, 2.24) is 10.2 Å². The van der Waals surface area contributed by atoms with E-state index in [9.17, 15) is 14.4 Å². The van der Waals surface area contributed by atoms with E-state index in [0.717, 1.165) is 25.2 Å². The molecule has 0 aliphatic carbocycles. The zero-order valence-electron chi connectivity index (χ0n) is 15.8. The van der Waals surface area contributed by atoms with Crippen molar-refractivity contribution in [3.05, 3.63) is 0 Å². The van der Waals surface area contributed by atoms with Crippen LogP contribution in [0.15, 0.2) is 0 Å². The van der Waals surface area contributed by atoms with Crippen LogP contribution in [0.25, 0.3) is 0 Å². The van der Waals surface area contributed by atoms with Gasteiger partial charge in [0.1, 0.15) is 6.04 Å². The van der Waals surface area contributed by atoms with Crippen LogP contribution < -0.4 is 5.32 Å². The molecule has 1 N–H and O–H groups in total. The van der Waals surface area contributed by atoms with Crippen molar-refractivity contribution in [2.75, 3.05) is 6.54 Å². The zero-order valence-corrected chi connectivity index (χ0v) is 15.8. The molecule has 1 saturated heterocycles. The number of nitrogens with zero attached hydrogens (tertiary/aromatic N) is 1. The Morgan fingerprint density at radius 3 is 2.29 bits per heavy atom. The Morgan fingerprint density at radius 1 is 1.04 bits per heavy atom. The number of unbranched alkanes of at least 4 members (excludes halogenated alkanes) is 4. The molecule has 1 aliphatic rings. The predicted octanol–water partition coefficient (Wildman–Crippen LogP) is 3.27. The third-order valence-electron chi connectivity index (χ3n) is 4.31. The van der Waals surface area contributed by atoms with Gasteiger partial charge in [-0.1, -0.05) is 59.8 Å². The highest BCUT2D eigenvalue weighted by Crippen LogP contribution is 2.16. The molecule has 0 bridgehead atoms. The molecule has 0 aromatic heterocycles. The highest BCUT2D eigenvalue weighted by Gasteiger charge is 2.39. The molecular formula is C19H34N2O3. The van der Waals surface area contributed by atoms with Crippen molar-refractivity contribution >= 4 is 17.7 Å². The standard InChI is InChI=1S/C19H34N2O3/c1-14(2)10-8-6-5-7-9-11-17(22)20-16-12-18(23)21(19(16)24)13-15(3)4/h14-16H,5-13H2,1-4H3,(H,20,22). The second-order valence-corrected chi connectivity index (χ2v) is 7.76. The maximum atomic E-state index is 12.2. The van der Waals surface area contributed by atoms with Crippen molar-refractivity contribution in [1.29, 1.82) is 0 Å². The first kappa shape index (κ1) is 20.7. The molecular weight excluding hydrogens is 304 g/mol. The minimum atomic E-state index is -0.658. The van der Waals surface area contributed by atoms with Crippen LogP contribution in [0.1, 0.15) is 79.1 Å². The van der Waals surface area contributed by atoms with E-state index in [2.05, 4.69) is 19.2 Å². The third kappa shape index (κ3) is 7.45. The first-order valence-electron chi connectivity index (χ1n) is 9.44. The summed E-state index contributed by atoms with van der Waals surface area (Å²) in [7, 11) is 0. The molecule has 5 heteroatoms. The van der Waals surface area contributed by atoms with Crippen LogP contribution in [0.2, 0.25) is 0 Å². The SMILES string of the molecule is CC(C)CCCCCCCC(=O)NC1CC(=O)N(CC(C)C)C1=O. The Hall–Kier alpha value is -1.39. The van der Waals surface area contributed by atoms with E-state index in [-0.39, 0.29) is 30.1 Å². The van der Waals surface area contributed by atoms with Crippen LogP contribution in [0.3, 0.4) is 0 Å². The Balaban J connectivity index is 2.19. The molecule has 1 rings (SSSR count). The molecule has 0 saturated carbocycles. The van der Waals surface area contributed by atoms with Crippen LogP contribution in [0.4, 0.5) is 0 Å². The van der Waals surface area contributed by atoms with Gasteiger partial charge in [0.2, 0.25) is 11.8 Å². The number of amides is 3. The van der Waals surface area contributed by atoms with Gasteiger partial charge in [0, 0.05) is 13.0 Å². The predicted molar refractivity (Wildman–Crippen MR) is 95.3 cm³/mol. The minimum Gasteiger partial charge on any atom is -0.344 e. The van der Waals surface area contributed by atoms with Crippen molar-refractivity contribution in [2.45, 2.75) is 85.1 Å². The second kappa shape index (κ2) is 10.5. The third-order valence-corrected chi connectivity index (χ3v) is 4.31. The molecule has 5 nitrogen and oxygen atoms in total. The lowest BCUT2D eigenvalue weighted by atomic mass is 10.0. The van der Waals surface area contributed by atoms with Gasteiger partial charge in [0.05, 0.1) is 6.42 Å². The lowest BCUT2D eigenvalue weighted by Crippen LogP contribution is -2.42. The van der Waals surface area contributed by atoms with Gasteiger partial charge in [-0.25, -0.2) is 0 Å². The average Bonchev–Trinajstić information content (AvgIpc) is 2.73. The number of imide groups is 1. The maximum absolute atomic E-state index is 12.2. The fourth-order valence-electron chi connectivity index (χ4n) is 2.99. The lowest BCUT2D eigenvalue weighted by molar-refractivity contribution is -0.140. The van der Waals surface area contributed by atoms with Crippen LogP contribution in [-0.4, -0.2) is 35.2 Å². The molecule has 0 aromatic carbocycles. The highest BCUT2D eigenvalue weighted by atomic mass is 16.2. The fourth-order valence-corrected chi connectivity index (χ4v) is 2.99. The smallest absolute Gasteiger partial charge is 0.252 e. The summed E-state index contributed by atoms with van der Waals surface area (Å²) in [5, 5.41) is 2.73. The van der Waals surface area contributed by atoms with E-state index in [1.807, 2.05) is 13.8 Å². The van der Waals surface area contributed by atoms with Crippen molar-refractivity contribution in [3.8, 4) is 0 Å². The molecule has 24 heavy (non-hydrogen) atoms. The van der Waals surface area contributed by atoms with Crippen LogP contribution >= 0.6 is 0 Å². The number of carbonyl (C=O) groups excluding carboxylic acids is 3. The second-order valence-electron chi connectivity index (χ2n) is 7.76. The normalized spacial score (nSPS) is 18.1. The number of likely N-dealkylation sites (tertiary alicyclic amines) is 1. The number of nitrogens with one attached hydrogen (secondary N) is 1. The van der Waals surface area contributed by atoms with Crippen molar-refractivity contribution in [3.63, 3.8) is 0 Å².